The van der Waals surface area contributed by atoms with E-state index in [2.05, 4.69) is 36.1 Å². The van der Waals surface area contributed by atoms with E-state index in [-0.39, 0.29) is 12.1 Å². The lowest BCUT2D eigenvalue weighted by atomic mass is 10.1. The van der Waals surface area contributed by atoms with Gasteiger partial charge in [-0.1, -0.05) is 19.1 Å². The van der Waals surface area contributed by atoms with Crippen molar-refractivity contribution in [1.29, 1.82) is 0 Å². The molecule has 1 rings (SSSR count). The fourth-order valence-electron chi connectivity index (χ4n) is 1.73. The van der Waals surface area contributed by atoms with Gasteiger partial charge in [0.2, 0.25) is 0 Å². The lowest BCUT2D eigenvalue weighted by Gasteiger charge is -2.13. The Bertz CT molecular complexity index is 425. The second-order valence-electron chi connectivity index (χ2n) is 4.85. The van der Waals surface area contributed by atoms with Gasteiger partial charge in [0.25, 0.3) is 0 Å². The minimum Gasteiger partial charge on any atom is -0.338 e. The highest BCUT2D eigenvalue weighted by Gasteiger charge is 2.06. The molecule has 4 nitrogen and oxygen atoms in total. The molecule has 0 aliphatic rings. The average molecular weight is 295 g/mol. The van der Waals surface area contributed by atoms with Crippen molar-refractivity contribution in [3.05, 3.63) is 29.8 Å². The van der Waals surface area contributed by atoms with Crippen molar-refractivity contribution in [2.45, 2.75) is 31.6 Å². The molecule has 0 radical (unpaired) electrons. The molecule has 5 heteroatoms. The molecule has 2 atom stereocenters. The van der Waals surface area contributed by atoms with Crippen molar-refractivity contribution >= 4 is 23.5 Å². The summed E-state index contributed by atoms with van der Waals surface area (Å²) in [6.07, 6.45) is 3.06. The Kier molecular flexibility index (Phi) is 7.47. The second kappa shape index (κ2) is 8.87. The van der Waals surface area contributed by atoms with Gasteiger partial charge in [0.05, 0.1) is 0 Å². The van der Waals surface area contributed by atoms with Crippen LogP contribution in [0, 0.1) is 0 Å². The summed E-state index contributed by atoms with van der Waals surface area (Å²) >= 11 is 1.81. The molecule has 2 amide bonds. The summed E-state index contributed by atoms with van der Waals surface area (Å²) < 4.78 is 0. The van der Waals surface area contributed by atoms with Gasteiger partial charge in [0.15, 0.2) is 0 Å². The SMILES string of the molecule is CNC(C)c1cccc(NC(=O)NCCC(C)SC)c1. The van der Waals surface area contributed by atoms with Crippen LogP contribution in [0.2, 0.25) is 0 Å². The minimum absolute atomic E-state index is 0.146. The van der Waals surface area contributed by atoms with Crippen molar-refractivity contribution in [3.63, 3.8) is 0 Å². The van der Waals surface area contributed by atoms with Gasteiger partial charge in [-0.15, -0.1) is 0 Å². The number of amides is 2. The average Bonchev–Trinajstić information content (AvgIpc) is 2.46. The third kappa shape index (κ3) is 5.84. The zero-order chi connectivity index (χ0) is 15.0. The Morgan fingerprint density at radius 3 is 2.75 bits per heavy atom. The first-order valence-electron chi connectivity index (χ1n) is 6.91. The minimum atomic E-state index is -0.146. The largest absolute Gasteiger partial charge is 0.338 e. The molecular formula is C15H25N3OS. The quantitative estimate of drug-likeness (QED) is 0.724. The van der Waals surface area contributed by atoms with Crippen LogP contribution in [0.15, 0.2) is 24.3 Å². The number of hydrogen-bond acceptors (Lipinski definition) is 3. The van der Waals surface area contributed by atoms with Crippen LogP contribution in [0.25, 0.3) is 0 Å². The Balaban J connectivity index is 2.45. The molecule has 2 unspecified atom stereocenters. The number of rotatable bonds is 7. The number of carbonyl (C=O) groups is 1. The molecule has 0 aliphatic heterocycles. The molecule has 0 saturated heterocycles. The molecule has 112 valence electrons. The number of carbonyl (C=O) groups excluding carboxylic acids is 1. The highest BCUT2D eigenvalue weighted by molar-refractivity contribution is 7.99. The van der Waals surface area contributed by atoms with Crippen LogP contribution >= 0.6 is 11.8 Å². The van der Waals surface area contributed by atoms with Crippen molar-refractivity contribution in [3.8, 4) is 0 Å². The first kappa shape index (κ1) is 16.9. The number of anilines is 1. The van der Waals surface area contributed by atoms with Crippen LogP contribution in [0.1, 0.15) is 31.9 Å². The van der Waals surface area contributed by atoms with Crippen LogP contribution < -0.4 is 16.0 Å². The van der Waals surface area contributed by atoms with E-state index in [1.165, 1.54) is 0 Å². The molecule has 0 heterocycles. The third-order valence-corrected chi connectivity index (χ3v) is 4.36. The topological polar surface area (TPSA) is 53.2 Å². The van der Waals surface area contributed by atoms with Crippen molar-refractivity contribution in [2.75, 3.05) is 25.2 Å². The molecule has 0 aliphatic carbocycles. The van der Waals surface area contributed by atoms with E-state index >= 15 is 0 Å². The summed E-state index contributed by atoms with van der Waals surface area (Å²) in [5, 5.41) is 9.50. The number of nitrogens with one attached hydrogen (secondary N) is 3. The highest BCUT2D eigenvalue weighted by atomic mass is 32.2. The van der Waals surface area contributed by atoms with Gasteiger partial charge in [-0.25, -0.2) is 4.79 Å². The normalized spacial score (nSPS) is 13.6. The van der Waals surface area contributed by atoms with Crippen molar-refractivity contribution in [1.82, 2.24) is 10.6 Å². The van der Waals surface area contributed by atoms with E-state index in [4.69, 9.17) is 0 Å². The Morgan fingerprint density at radius 1 is 1.35 bits per heavy atom. The molecule has 0 aromatic heterocycles. The Hall–Kier alpha value is -1.20. The summed E-state index contributed by atoms with van der Waals surface area (Å²) in [4.78, 5) is 11.8. The van der Waals surface area contributed by atoms with E-state index in [0.29, 0.717) is 11.8 Å². The van der Waals surface area contributed by atoms with Gasteiger partial charge >= 0.3 is 6.03 Å². The summed E-state index contributed by atoms with van der Waals surface area (Å²) in [6, 6.07) is 8.01. The Morgan fingerprint density at radius 2 is 2.10 bits per heavy atom. The summed E-state index contributed by atoms with van der Waals surface area (Å²) in [5.74, 6) is 0. The maximum Gasteiger partial charge on any atom is 0.319 e. The standard InChI is InChI=1S/C15H25N3OS/c1-11(20-4)8-9-17-15(19)18-14-7-5-6-13(10-14)12(2)16-3/h5-7,10-12,16H,8-9H2,1-4H3,(H2,17,18,19). The number of hydrogen-bond donors (Lipinski definition) is 3. The van der Waals surface area contributed by atoms with E-state index in [0.717, 1.165) is 17.7 Å². The molecule has 0 spiro atoms. The molecular weight excluding hydrogens is 270 g/mol. The lowest BCUT2D eigenvalue weighted by Crippen LogP contribution is -2.30. The predicted octanol–water partition coefficient (Wildman–Crippen LogP) is 3.23. The number of benzene rings is 1. The fourth-order valence-corrected chi connectivity index (χ4v) is 2.09. The highest BCUT2D eigenvalue weighted by Crippen LogP contribution is 2.16. The third-order valence-electron chi connectivity index (χ3n) is 3.32. The summed E-state index contributed by atoms with van der Waals surface area (Å²) in [7, 11) is 1.92. The van der Waals surface area contributed by atoms with E-state index in [1.807, 2.05) is 43.1 Å². The smallest absolute Gasteiger partial charge is 0.319 e. The van der Waals surface area contributed by atoms with Gasteiger partial charge < -0.3 is 16.0 Å². The lowest BCUT2D eigenvalue weighted by molar-refractivity contribution is 0.252. The maximum absolute atomic E-state index is 11.8. The molecule has 1 aromatic rings. The van der Waals surface area contributed by atoms with Crippen LogP contribution in [0.3, 0.4) is 0 Å². The zero-order valence-electron chi connectivity index (χ0n) is 12.7. The van der Waals surface area contributed by atoms with Crippen LogP contribution in [0.4, 0.5) is 10.5 Å². The second-order valence-corrected chi connectivity index (χ2v) is 6.13. The molecule has 0 saturated carbocycles. The predicted molar refractivity (Wildman–Crippen MR) is 88.5 cm³/mol. The first-order valence-corrected chi connectivity index (χ1v) is 8.20. The maximum atomic E-state index is 11.8. The van der Waals surface area contributed by atoms with Crippen LogP contribution in [-0.4, -0.2) is 31.1 Å². The van der Waals surface area contributed by atoms with Gasteiger partial charge in [0.1, 0.15) is 0 Å². The monoisotopic (exact) mass is 295 g/mol. The van der Waals surface area contributed by atoms with Gasteiger partial charge in [-0.05, 0) is 44.3 Å². The van der Waals surface area contributed by atoms with Gasteiger partial charge in [-0.3, -0.25) is 0 Å². The summed E-state index contributed by atoms with van der Waals surface area (Å²) in [5.41, 5.74) is 1.97. The van der Waals surface area contributed by atoms with Crippen molar-refractivity contribution < 1.29 is 4.79 Å². The van der Waals surface area contributed by atoms with Crippen LogP contribution in [-0.2, 0) is 0 Å². The van der Waals surface area contributed by atoms with E-state index < -0.39 is 0 Å². The first-order chi connectivity index (χ1) is 9.56. The van der Waals surface area contributed by atoms with E-state index in [1.54, 1.807) is 0 Å². The van der Waals surface area contributed by atoms with E-state index in [9.17, 15) is 4.79 Å². The van der Waals surface area contributed by atoms with Gasteiger partial charge in [0, 0.05) is 23.5 Å². The molecule has 0 bridgehead atoms. The zero-order valence-corrected chi connectivity index (χ0v) is 13.5. The van der Waals surface area contributed by atoms with Crippen LogP contribution in [0.5, 0.6) is 0 Å². The number of urea groups is 1. The van der Waals surface area contributed by atoms with Gasteiger partial charge in [-0.2, -0.15) is 11.8 Å². The molecule has 1 aromatic carbocycles. The molecule has 0 fully saturated rings. The molecule has 20 heavy (non-hydrogen) atoms. The fraction of sp³-hybridized carbons (Fsp3) is 0.533. The van der Waals surface area contributed by atoms with Crippen molar-refractivity contribution in [2.24, 2.45) is 0 Å². The molecule has 3 N–H and O–H groups in total. The number of thioether (sulfide) groups is 1. The summed E-state index contributed by atoms with van der Waals surface area (Å²) in [6.45, 7) is 4.94. The Labute approximate surface area is 126 Å².